The Hall–Kier alpha value is -4.57. The minimum Gasteiger partial charge on any atom is -0.490 e. The van der Waals surface area contributed by atoms with Crippen LogP contribution in [0.25, 0.3) is 6.08 Å². The summed E-state index contributed by atoms with van der Waals surface area (Å²) < 4.78 is 11.3. The van der Waals surface area contributed by atoms with Crippen LogP contribution in [0, 0.1) is 0 Å². The molecule has 0 aromatic heterocycles. The predicted octanol–water partition coefficient (Wildman–Crippen LogP) is 4.78. The molecule has 4 amide bonds. The van der Waals surface area contributed by atoms with Crippen LogP contribution in [0.3, 0.4) is 0 Å². The lowest BCUT2D eigenvalue weighted by atomic mass is 10.2. The fraction of sp³-hybridized carbons (Fsp3) is 0.143. The van der Waals surface area contributed by atoms with Crippen LogP contribution in [-0.4, -0.2) is 47.6 Å². The van der Waals surface area contributed by atoms with Crippen molar-refractivity contribution in [3.63, 3.8) is 0 Å². The van der Waals surface area contributed by atoms with E-state index in [1.165, 1.54) is 0 Å². The van der Waals surface area contributed by atoms with Crippen molar-refractivity contribution in [1.29, 1.82) is 0 Å². The van der Waals surface area contributed by atoms with E-state index in [1.54, 1.807) is 60.7 Å². The van der Waals surface area contributed by atoms with Crippen LogP contribution in [0.15, 0.2) is 83.8 Å². The van der Waals surface area contributed by atoms with Crippen LogP contribution < -0.4 is 20.1 Å². The topological polar surface area (TPSA) is 114 Å². The Labute approximate surface area is 223 Å². The van der Waals surface area contributed by atoms with E-state index >= 15 is 0 Å². The van der Waals surface area contributed by atoms with Crippen molar-refractivity contribution in [1.82, 2.24) is 4.90 Å². The van der Waals surface area contributed by atoms with Gasteiger partial charge < -0.3 is 20.1 Å². The number of para-hydroxylation sites is 2. The van der Waals surface area contributed by atoms with Gasteiger partial charge >= 0.3 is 0 Å². The highest BCUT2D eigenvalue weighted by Crippen LogP contribution is 2.34. The predicted molar refractivity (Wildman–Crippen MR) is 146 cm³/mol. The van der Waals surface area contributed by atoms with Crippen LogP contribution in [-0.2, 0) is 14.4 Å². The Kier molecular flexibility index (Phi) is 8.78. The molecule has 1 aliphatic heterocycles. The van der Waals surface area contributed by atoms with Crippen LogP contribution in [0.2, 0.25) is 0 Å². The molecule has 2 N–H and O–H groups in total. The lowest BCUT2D eigenvalue weighted by molar-refractivity contribution is -0.127. The molecule has 0 atom stereocenters. The summed E-state index contributed by atoms with van der Waals surface area (Å²) >= 11 is 0.757. The Morgan fingerprint density at radius 3 is 2.11 bits per heavy atom. The van der Waals surface area contributed by atoms with Crippen LogP contribution in [0.5, 0.6) is 11.5 Å². The standard InChI is InChI=1S/C28H25N3O6S/c1-2-36-23-15-19(13-14-22(23)37-18-26(33)30-21-11-7-4-8-12-21)16-24-27(34)31(28(35)38-24)17-25(32)29-20-9-5-3-6-10-20/h3-16H,2,17-18H2,1H3,(H,29,32)(H,30,33)/b24-16-. The number of amides is 4. The summed E-state index contributed by atoms with van der Waals surface area (Å²) in [6, 6.07) is 22.8. The van der Waals surface area contributed by atoms with Gasteiger partial charge in [-0.25, -0.2) is 0 Å². The monoisotopic (exact) mass is 531 g/mol. The molecule has 0 aliphatic carbocycles. The third-order valence-corrected chi connectivity index (χ3v) is 6.12. The van der Waals surface area contributed by atoms with Gasteiger partial charge in [0, 0.05) is 11.4 Å². The van der Waals surface area contributed by atoms with Gasteiger partial charge in [-0.05, 0) is 66.7 Å². The molecule has 0 saturated carbocycles. The maximum atomic E-state index is 12.8. The number of benzene rings is 3. The number of thioether (sulfide) groups is 1. The maximum absolute atomic E-state index is 12.8. The Balaban J connectivity index is 1.40. The number of rotatable bonds is 10. The maximum Gasteiger partial charge on any atom is 0.294 e. The summed E-state index contributed by atoms with van der Waals surface area (Å²) in [7, 11) is 0. The lowest BCUT2D eigenvalue weighted by Crippen LogP contribution is -2.36. The zero-order valence-corrected chi connectivity index (χ0v) is 21.3. The first-order chi connectivity index (χ1) is 18.4. The average molecular weight is 532 g/mol. The van der Waals surface area contributed by atoms with Crippen molar-refractivity contribution in [3.05, 3.63) is 89.3 Å². The van der Waals surface area contributed by atoms with Crippen molar-refractivity contribution < 1.29 is 28.7 Å². The number of imide groups is 1. The van der Waals surface area contributed by atoms with E-state index in [4.69, 9.17) is 9.47 Å². The second kappa shape index (κ2) is 12.6. The van der Waals surface area contributed by atoms with E-state index in [0.29, 0.717) is 35.0 Å². The van der Waals surface area contributed by atoms with Gasteiger partial charge in [0.15, 0.2) is 18.1 Å². The van der Waals surface area contributed by atoms with Crippen molar-refractivity contribution >= 4 is 52.2 Å². The smallest absolute Gasteiger partial charge is 0.294 e. The molecule has 9 nitrogen and oxygen atoms in total. The molecule has 38 heavy (non-hydrogen) atoms. The molecule has 0 unspecified atom stereocenters. The quantitative estimate of drug-likeness (QED) is 0.362. The Morgan fingerprint density at radius 2 is 1.47 bits per heavy atom. The molecular weight excluding hydrogens is 506 g/mol. The van der Waals surface area contributed by atoms with E-state index in [1.807, 2.05) is 31.2 Å². The van der Waals surface area contributed by atoms with Gasteiger partial charge in [0.05, 0.1) is 11.5 Å². The third kappa shape index (κ3) is 7.01. The van der Waals surface area contributed by atoms with Gasteiger partial charge in [-0.2, -0.15) is 0 Å². The number of carbonyl (C=O) groups is 4. The molecule has 194 valence electrons. The van der Waals surface area contributed by atoms with Crippen LogP contribution in [0.4, 0.5) is 16.2 Å². The number of ether oxygens (including phenoxy) is 2. The molecule has 10 heteroatoms. The van der Waals surface area contributed by atoms with E-state index in [-0.39, 0.29) is 24.0 Å². The minimum atomic E-state index is -0.556. The van der Waals surface area contributed by atoms with Crippen molar-refractivity contribution in [2.45, 2.75) is 6.92 Å². The van der Waals surface area contributed by atoms with E-state index in [9.17, 15) is 19.2 Å². The fourth-order valence-electron chi connectivity index (χ4n) is 3.52. The first-order valence-electron chi connectivity index (χ1n) is 11.8. The first-order valence-corrected chi connectivity index (χ1v) is 12.6. The molecule has 0 radical (unpaired) electrons. The number of nitrogens with zero attached hydrogens (tertiary/aromatic N) is 1. The molecular formula is C28H25N3O6S. The molecule has 0 bridgehead atoms. The van der Waals surface area contributed by atoms with Gasteiger partial charge in [-0.3, -0.25) is 24.1 Å². The van der Waals surface area contributed by atoms with Crippen LogP contribution in [0.1, 0.15) is 12.5 Å². The summed E-state index contributed by atoms with van der Waals surface area (Å²) in [5, 5.41) is 4.88. The van der Waals surface area contributed by atoms with Crippen molar-refractivity contribution in [2.24, 2.45) is 0 Å². The fourth-order valence-corrected chi connectivity index (χ4v) is 4.36. The summed E-state index contributed by atoms with van der Waals surface area (Å²) in [5.41, 5.74) is 1.82. The number of hydrogen-bond acceptors (Lipinski definition) is 7. The molecule has 1 heterocycles. The van der Waals surface area contributed by atoms with Gasteiger partial charge in [-0.1, -0.05) is 42.5 Å². The van der Waals surface area contributed by atoms with Gasteiger partial charge in [-0.15, -0.1) is 0 Å². The zero-order chi connectivity index (χ0) is 26.9. The second-order valence-electron chi connectivity index (χ2n) is 8.02. The first kappa shape index (κ1) is 26.5. The number of hydrogen-bond donors (Lipinski definition) is 2. The molecule has 1 saturated heterocycles. The van der Waals surface area contributed by atoms with Gasteiger partial charge in [0.2, 0.25) is 5.91 Å². The van der Waals surface area contributed by atoms with Crippen molar-refractivity contribution in [3.8, 4) is 11.5 Å². The highest BCUT2D eigenvalue weighted by Gasteiger charge is 2.36. The molecule has 0 spiro atoms. The van der Waals surface area contributed by atoms with Crippen LogP contribution >= 0.6 is 11.8 Å². The third-order valence-electron chi connectivity index (χ3n) is 5.21. The second-order valence-corrected chi connectivity index (χ2v) is 9.02. The van der Waals surface area contributed by atoms with E-state index in [0.717, 1.165) is 16.7 Å². The molecule has 1 fully saturated rings. The van der Waals surface area contributed by atoms with E-state index in [2.05, 4.69) is 10.6 Å². The highest BCUT2D eigenvalue weighted by atomic mass is 32.2. The zero-order valence-electron chi connectivity index (χ0n) is 20.5. The minimum absolute atomic E-state index is 0.181. The summed E-state index contributed by atoms with van der Waals surface area (Å²) in [4.78, 5) is 51.0. The Morgan fingerprint density at radius 1 is 0.842 bits per heavy atom. The SMILES string of the molecule is CCOc1cc(/C=C2\SC(=O)N(CC(=O)Nc3ccccc3)C2=O)ccc1OCC(=O)Nc1ccccc1. The highest BCUT2D eigenvalue weighted by molar-refractivity contribution is 8.18. The summed E-state index contributed by atoms with van der Waals surface area (Å²) in [6.45, 7) is 1.55. The number of nitrogens with one attached hydrogen (secondary N) is 2. The normalized spacial score (nSPS) is 13.9. The molecule has 1 aliphatic rings. The van der Waals surface area contributed by atoms with Gasteiger partial charge in [0.1, 0.15) is 6.54 Å². The number of anilines is 2. The van der Waals surface area contributed by atoms with E-state index < -0.39 is 17.1 Å². The molecule has 4 rings (SSSR count). The molecule has 3 aromatic carbocycles. The van der Waals surface area contributed by atoms with Gasteiger partial charge in [0.25, 0.3) is 17.1 Å². The summed E-state index contributed by atoms with van der Waals surface area (Å²) in [6.07, 6.45) is 1.55. The lowest BCUT2D eigenvalue weighted by Gasteiger charge is -2.13. The Bertz CT molecular complexity index is 1360. The average Bonchev–Trinajstić information content (AvgIpc) is 3.16. The summed E-state index contributed by atoms with van der Waals surface area (Å²) in [5.74, 6) is -0.615. The largest absolute Gasteiger partial charge is 0.490 e. The molecule has 3 aromatic rings. The van der Waals surface area contributed by atoms with Crippen molar-refractivity contribution in [2.75, 3.05) is 30.4 Å². The number of carbonyl (C=O) groups excluding carboxylic acids is 4.